The second kappa shape index (κ2) is 5.50. The summed E-state index contributed by atoms with van der Waals surface area (Å²) in [5.41, 5.74) is -1.83. The van der Waals surface area contributed by atoms with Gasteiger partial charge in [-0.05, 0) is 40.2 Å². The molecule has 0 aliphatic carbocycles. The van der Waals surface area contributed by atoms with E-state index in [1.165, 1.54) is 0 Å². The van der Waals surface area contributed by atoms with Crippen LogP contribution in [0.1, 0.15) is 40.0 Å². The summed E-state index contributed by atoms with van der Waals surface area (Å²) >= 11 is 0. The van der Waals surface area contributed by atoms with Crippen LogP contribution < -0.4 is 10.6 Å². The van der Waals surface area contributed by atoms with Crippen molar-refractivity contribution in [2.45, 2.75) is 56.8 Å². The number of carbonyl (C=O) groups excluding carboxylic acids is 1. The first kappa shape index (κ1) is 15.5. The van der Waals surface area contributed by atoms with Crippen LogP contribution >= 0.6 is 0 Å². The summed E-state index contributed by atoms with van der Waals surface area (Å²) in [7, 11) is 0. The molecule has 0 radical (unpaired) electrons. The van der Waals surface area contributed by atoms with E-state index in [9.17, 15) is 9.90 Å². The van der Waals surface area contributed by atoms with Gasteiger partial charge in [0.2, 0.25) is 0 Å². The van der Waals surface area contributed by atoms with Gasteiger partial charge in [0.15, 0.2) is 0 Å². The molecule has 1 amide bonds. The van der Waals surface area contributed by atoms with Crippen LogP contribution in [0.3, 0.4) is 0 Å². The quantitative estimate of drug-likeness (QED) is 0.714. The summed E-state index contributed by atoms with van der Waals surface area (Å²) in [5.74, 6) is 0. The van der Waals surface area contributed by atoms with Gasteiger partial charge in [0, 0.05) is 19.6 Å². The molecule has 20 heavy (non-hydrogen) atoms. The molecule has 3 N–H and O–H groups in total. The van der Waals surface area contributed by atoms with E-state index >= 15 is 0 Å². The number of hydrogen-bond acceptors (Lipinski definition) is 5. The zero-order valence-corrected chi connectivity index (χ0v) is 12.6. The van der Waals surface area contributed by atoms with Crippen molar-refractivity contribution in [1.29, 1.82) is 0 Å². The lowest BCUT2D eigenvalue weighted by atomic mass is 9.83. The van der Waals surface area contributed by atoms with Gasteiger partial charge in [0.05, 0.1) is 17.7 Å². The van der Waals surface area contributed by atoms with E-state index in [-0.39, 0.29) is 0 Å². The molecule has 2 atom stereocenters. The predicted octanol–water partition coefficient (Wildman–Crippen LogP) is 0.785. The molecule has 0 aromatic carbocycles. The zero-order valence-electron chi connectivity index (χ0n) is 12.6. The number of alkyl carbamates (subject to hydrolysis) is 1. The van der Waals surface area contributed by atoms with Crippen LogP contribution in [0.15, 0.2) is 0 Å². The third-order valence-corrected chi connectivity index (χ3v) is 3.76. The van der Waals surface area contributed by atoms with Crippen molar-refractivity contribution in [2.75, 3.05) is 26.3 Å². The molecule has 2 unspecified atom stereocenters. The fourth-order valence-electron chi connectivity index (χ4n) is 2.92. The van der Waals surface area contributed by atoms with E-state index < -0.39 is 22.8 Å². The van der Waals surface area contributed by atoms with Crippen LogP contribution in [-0.2, 0) is 9.47 Å². The largest absolute Gasteiger partial charge is 0.444 e. The fraction of sp³-hybridized carbons (Fsp3) is 0.929. The van der Waals surface area contributed by atoms with E-state index in [4.69, 9.17) is 9.47 Å². The molecular weight excluding hydrogens is 260 g/mol. The molecule has 0 bridgehead atoms. The van der Waals surface area contributed by atoms with Gasteiger partial charge in [-0.15, -0.1) is 0 Å². The van der Waals surface area contributed by atoms with Gasteiger partial charge >= 0.3 is 6.09 Å². The van der Waals surface area contributed by atoms with Crippen LogP contribution in [-0.4, -0.2) is 54.2 Å². The summed E-state index contributed by atoms with van der Waals surface area (Å²) < 4.78 is 10.8. The van der Waals surface area contributed by atoms with Gasteiger partial charge in [0.1, 0.15) is 5.60 Å². The third kappa shape index (κ3) is 4.07. The second-order valence-corrected chi connectivity index (χ2v) is 7.04. The number of ether oxygens (including phenoxy) is 2. The third-order valence-electron chi connectivity index (χ3n) is 3.76. The van der Waals surface area contributed by atoms with Crippen molar-refractivity contribution >= 4 is 6.09 Å². The summed E-state index contributed by atoms with van der Waals surface area (Å²) in [6.45, 7) is 7.88. The van der Waals surface area contributed by atoms with E-state index in [0.717, 1.165) is 6.54 Å². The van der Waals surface area contributed by atoms with Gasteiger partial charge in [-0.25, -0.2) is 4.79 Å². The fourth-order valence-corrected chi connectivity index (χ4v) is 2.92. The summed E-state index contributed by atoms with van der Waals surface area (Å²) in [4.78, 5) is 12.0. The Bertz CT molecular complexity index is 353. The topological polar surface area (TPSA) is 79.8 Å². The number of carbonyl (C=O) groups is 1. The van der Waals surface area contributed by atoms with Crippen LogP contribution in [0, 0.1) is 0 Å². The minimum absolute atomic E-state index is 0.425. The average Bonchev–Trinajstić information content (AvgIpc) is 2.85. The van der Waals surface area contributed by atoms with Gasteiger partial charge in [-0.2, -0.15) is 0 Å². The molecule has 2 rings (SSSR count). The Labute approximate surface area is 120 Å². The Morgan fingerprint density at radius 3 is 2.70 bits per heavy atom. The number of nitrogens with one attached hydrogen (secondary N) is 2. The maximum atomic E-state index is 12.0. The van der Waals surface area contributed by atoms with Crippen LogP contribution in [0.2, 0.25) is 0 Å². The summed E-state index contributed by atoms with van der Waals surface area (Å²) in [6, 6.07) is 0. The lowest BCUT2D eigenvalue weighted by molar-refractivity contribution is 0.00759. The lowest BCUT2D eigenvalue weighted by Gasteiger charge is -2.36. The molecule has 2 aliphatic rings. The Hall–Kier alpha value is -0.850. The molecule has 0 saturated carbocycles. The van der Waals surface area contributed by atoms with Crippen molar-refractivity contribution in [1.82, 2.24) is 10.6 Å². The van der Waals surface area contributed by atoms with Gasteiger partial charge < -0.3 is 25.2 Å². The van der Waals surface area contributed by atoms with E-state index in [2.05, 4.69) is 10.6 Å². The molecule has 2 heterocycles. The highest BCUT2D eigenvalue weighted by Gasteiger charge is 2.45. The van der Waals surface area contributed by atoms with Crippen LogP contribution in [0.5, 0.6) is 0 Å². The Morgan fingerprint density at radius 1 is 1.45 bits per heavy atom. The molecule has 2 saturated heterocycles. The smallest absolute Gasteiger partial charge is 0.408 e. The highest BCUT2D eigenvalue weighted by molar-refractivity contribution is 5.69. The molecule has 2 aliphatic heterocycles. The SMILES string of the molecule is CC(C)(C)OC(=O)NC1(CC2(O)CCNC2)CCOC1. The monoisotopic (exact) mass is 286 g/mol. The minimum atomic E-state index is -0.775. The van der Waals surface area contributed by atoms with Crippen molar-refractivity contribution in [3.63, 3.8) is 0 Å². The lowest BCUT2D eigenvalue weighted by Crippen LogP contribution is -2.55. The van der Waals surface area contributed by atoms with E-state index in [1.54, 1.807) is 0 Å². The Morgan fingerprint density at radius 2 is 2.20 bits per heavy atom. The molecular formula is C14H26N2O4. The minimum Gasteiger partial charge on any atom is -0.444 e. The number of β-amino-alcohol motifs (C(OH)–C–C–N with tert-alkyl or cyclic N) is 1. The Balaban J connectivity index is 2.00. The standard InChI is InChI=1S/C14H26N2O4/c1-12(2,3)20-11(17)16-13(5-7-19-10-13)8-14(18)4-6-15-9-14/h15,18H,4-10H2,1-3H3,(H,16,17). The predicted molar refractivity (Wildman–Crippen MR) is 74.6 cm³/mol. The molecule has 0 spiro atoms. The number of amides is 1. The van der Waals surface area contributed by atoms with Crippen molar-refractivity contribution in [2.24, 2.45) is 0 Å². The summed E-state index contributed by atoms with van der Waals surface area (Å²) in [5, 5.41) is 16.6. The number of aliphatic hydroxyl groups is 1. The zero-order chi connectivity index (χ0) is 14.9. The second-order valence-electron chi connectivity index (χ2n) is 7.04. The highest BCUT2D eigenvalue weighted by Crippen LogP contribution is 2.32. The van der Waals surface area contributed by atoms with E-state index in [1.807, 2.05) is 20.8 Å². The van der Waals surface area contributed by atoms with E-state index in [0.29, 0.717) is 39.0 Å². The first-order valence-corrected chi connectivity index (χ1v) is 7.24. The average molecular weight is 286 g/mol. The molecule has 0 aromatic heterocycles. The van der Waals surface area contributed by atoms with Crippen molar-refractivity contribution < 1.29 is 19.4 Å². The molecule has 0 aromatic rings. The number of hydrogen-bond donors (Lipinski definition) is 3. The highest BCUT2D eigenvalue weighted by atomic mass is 16.6. The van der Waals surface area contributed by atoms with Gasteiger partial charge in [-0.1, -0.05) is 0 Å². The molecule has 6 heteroatoms. The van der Waals surface area contributed by atoms with Crippen molar-refractivity contribution in [3.8, 4) is 0 Å². The van der Waals surface area contributed by atoms with Gasteiger partial charge in [0.25, 0.3) is 0 Å². The maximum Gasteiger partial charge on any atom is 0.408 e. The normalized spacial score (nSPS) is 34.2. The first-order valence-electron chi connectivity index (χ1n) is 7.24. The van der Waals surface area contributed by atoms with Crippen LogP contribution in [0.4, 0.5) is 4.79 Å². The number of rotatable bonds is 3. The molecule has 6 nitrogen and oxygen atoms in total. The molecule has 2 fully saturated rings. The first-order chi connectivity index (χ1) is 9.22. The van der Waals surface area contributed by atoms with Crippen LogP contribution in [0.25, 0.3) is 0 Å². The van der Waals surface area contributed by atoms with Gasteiger partial charge in [-0.3, -0.25) is 0 Å². The van der Waals surface area contributed by atoms with Crippen molar-refractivity contribution in [3.05, 3.63) is 0 Å². The Kier molecular flexibility index (Phi) is 4.27. The maximum absolute atomic E-state index is 12.0. The summed E-state index contributed by atoms with van der Waals surface area (Å²) in [6.07, 6.45) is 1.45. The molecule has 116 valence electrons.